The van der Waals surface area contributed by atoms with E-state index in [2.05, 4.69) is 15.3 Å². The van der Waals surface area contributed by atoms with Crippen LogP contribution in [-0.4, -0.2) is 46.8 Å². The molecule has 5 nitrogen and oxygen atoms in total. The van der Waals surface area contributed by atoms with Gasteiger partial charge in [0, 0.05) is 20.1 Å². The zero-order valence-electron chi connectivity index (χ0n) is 11.9. The number of halogens is 3. The van der Waals surface area contributed by atoms with Crippen molar-refractivity contribution in [3.8, 4) is 0 Å². The Balaban J connectivity index is 1.91. The first-order chi connectivity index (χ1) is 9.89. The van der Waals surface area contributed by atoms with Gasteiger partial charge in [-0.15, -0.1) is 0 Å². The number of aryl methyl sites for hydroxylation is 1. The van der Waals surface area contributed by atoms with Crippen molar-refractivity contribution >= 4 is 5.91 Å². The second-order valence-electron chi connectivity index (χ2n) is 5.19. The van der Waals surface area contributed by atoms with Gasteiger partial charge < -0.3 is 10.2 Å². The van der Waals surface area contributed by atoms with Crippen molar-refractivity contribution in [3.63, 3.8) is 0 Å². The van der Waals surface area contributed by atoms with Gasteiger partial charge >= 0.3 is 6.18 Å². The van der Waals surface area contributed by atoms with Crippen LogP contribution in [0.5, 0.6) is 0 Å². The van der Waals surface area contributed by atoms with Gasteiger partial charge in [-0.05, 0) is 25.9 Å². The second-order valence-corrected chi connectivity index (χ2v) is 5.19. The molecule has 1 aromatic heterocycles. The minimum absolute atomic E-state index is 0.338. The Hall–Kier alpha value is -1.57. The lowest BCUT2D eigenvalue weighted by Gasteiger charge is -2.26. The first-order valence-corrected chi connectivity index (χ1v) is 6.99. The highest BCUT2D eigenvalue weighted by Crippen LogP contribution is 2.31. The van der Waals surface area contributed by atoms with E-state index < -0.39 is 23.3 Å². The quantitative estimate of drug-likeness (QED) is 0.920. The SMILES string of the molecule is Cn1ncc(C(=O)NCCN2CCCCC2)c1C(F)(F)F. The number of likely N-dealkylation sites (tertiary alicyclic amines) is 1. The molecule has 2 heterocycles. The van der Waals surface area contributed by atoms with Crippen LogP contribution in [0.15, 0.2) is 6.20 Å². The van der Waals surface area contributed by atoms with Crippen LogP contribution in [-0.2, 0) is 13.2 Å². The van der Waals surface area contributed by atoms with Crippen molar-refractivity contribution in [2.24, 2.45) is 7.05 Å². The molecule has 1 aromatic rings. The van der Waals surface area contributed by atoms with Crippen LogP contribution in [0.3, 0.4) is 0 Å². The molecule has 1 aliphatic heterocycles. The number of nitrogens with one attached hydrogen (secondary N) is 1. The summed E-state index contributed by atoms with van der Waals surface area (Å²) in [5, 5.41) is 6.07. The third kappa shape index (κ3) is 3.96. The molecule has 0 bridgehead atoms. The molecule has 118 valence electrons. The highest BCUT2D eigenvalue weighted by molar-refractivity contribution is 5.95. The van der Waals surface area contributed by atoms with Gasteiger partial charge in [0.05, 0.1) is 11.8 Å². The molecule has 0 saturated carbocycles. The molecule has 0 unspecified atom stereocenters. The fourth-order valence-corrected chi connectivity index (χ4v) is 2.55. The fourth-order valence-electron chi connectivity index (χ4n) is 2.55. The standard InChI is InChI=1S/C13H19F3N4O/c1-19-11(13(14,15)16)10(9-18-19)12(21)17-5-8-20-6-3-2-4-7-20/h9H,2-8H2,1H3,(H,17,21). The number of piperidine rings is 1. The molecule has 0 radical (unpaired) electrons. The lowest BCUT2D eigenvalue weighted by molar-refractivity contribution is -0.144. The van der Waals surface area contributed by atoms with Crippen molar-refractivity contribution in [1.82, 2.24) is 20.0 Å². The molecule has 2 rings (SSSR count). The zero-order valence-corrected chi connectivity index (χ0v) is 11.9. The summed E-state index contributed by atoms with van der Waals surface area (Å²) in [7, 11) is 1.17. The number of alkyl halides is 3. The predicted octanol–water partition coefficient (Wildman–Crippen LogP) is 1.65. The fraction of sp³-hybridized carbons (Fsp3) is 0.692. The first-order valence-electron chi connectivity index (χ1n) is 6.99. The molecule has 1 N–H and O–H groups in total. The summed E-state index contributed by atoms with van der Waals surface area (Å²) < 4.78 is 39.3. The van der Waals surface area contributed by atoms with Crippen molar-refractivity contribution in [2.75, 3.05) is 26.2 Å². The van der Waals surface area contributed by atoms with Crippen LogP contribution < -0.4 is 5.32 Å². The third-order valence-electron chi connectivity index (χ3n) is 3.61. The topological polar surface area (TPSA) is 50.2 Å². The molecule has 1 aliphatic rings. The molecule has 1 fully saturated rings. The molecule has 0 spiro atoms. The lowest BCUT2D eigenvalue weighted by Crippen LogP contribution is -2.38. The Kier molecular flexibility index (Phi) is 4.87. The van der Waals surface area contributed by atoms with Gasteiger partial charge in [-0.25, -0.2) is 0 Å². The maximum atomic E-state index is 12.9. The van der Waals surface area contributed by atoms with E-state index in [9.17, 15) is 18.0 Å². The molecule has 0 aromatic carbocycles. The number of nitrogens with zero attached hydrogens (tertiary/aromatic N) is 3. The van der Waals surface area contributed by atoms with Crippen LogP contribution in [0.2, 0.25) is 0 Å². The Morgan fingerprint density at radius 3 is 2.62 bits per heavy atom. The number of carbonyl (C=O) groups is 1. The summed E-state index contributed by atoms with van der Waals surface area (Å²) in [5.41, 5.74) is -1.44. The molecule has 0 atom stereocenters. The van der Waals surface area contributed by atoms with Crippen molar-refractivity contribution in [3.05, 3.63) is 17.5 Å². The van der Waals surface area contributed by atoms with Crippen LogP contribution in [0.4, 0.5) is 13.2 Å². The van der Waals surface area contributed by atoms with Crippen LogP contribution >= 0.6 is 0 Å². The summed E-state index contributed by atoms with van der Waals surface area (Å²) in [4.78, 5) is 14.1. The van der Waals surface area contributed by atoms with Crippen LogP contribution in [0, 0.1) is 0 Å². The van der Waals surface area contributed by atoms with Gasteiger partial charge in [0.1, 0.15) is 0 Å². The first kappa shape index (κ1) is 15.8. The number of rotatable bonds is 4. The Labute approximate surface area is 121 Å². The van der Waals surface area contributed by atoms with Crippen molar-refractivity contribution < 1.29 is 18.0 Å². The van der Waals surface area contributed by atoms with Gasteiger partial charge in [0.25, 0.3) is 5.91 Å². The second kappa shape index (κ2) is 6.46. The third-order valence-corrected chi connectivity index (χ3v) is 3.61. The number of carbonyl (C=O) groups excluding carboxylic acids is 1. The maximum Gasteiger partial charge on any atom is 0.433 e. The van der Waals surface area contributed by atoms with Gasteiger partial charge in [-0.3, -0.25) is 9.48 Å². The number of amides is 1. The smallest absolute Gasteiger partial charge is 0.351 e. The average Bonchev–Trinajstić information content (AvgIpc) is 2.82. The van der Waals surface area contributed by atoms with Gasteiger partial charge in [0.15, 0.2) is 5.69 Å². The predicted molar refractivity (Wildman–Crippen MR) is 70.8 cm³/mol. The summed E-state index contributed by atoms with van der Waals surface area (Å²) in [6.45, 7) is 2.96. The van der Waals surface area contributed by atoms with E-state index in [0.717, 1.165) is 32.1 Å². The molecular formula is C13H19F3N4O. The van der Waals surface area contributed by atoms with Gasteiger partial charge in [-0.1, -0.05) is 6.42 Å². The average molecular weight is 304 g/mol. The summed E-state index contributed by atoms with van der Waals surface area (Å²) in [5.74, 6) is -0.729. The highest BCUT2D eigenvalue weighted by atomic mass is 19.4. The number of aromatic nitrogens is 2. The Morgan fingerprint density at radius 2 is 2.00 bits per heavy atom. The highest BCUT2D eigenvalue weighted by Gasteiger charge is 2.39. The van der Waals surface area contributed by atoms with E-state index in [1.165, 1.54) is 13.5 Å². The van der Waals surface area contributed by atoms with E-state index in [1.54, 1.807) is 0 Å². The van der Waals surface area contributed by atoms with E-state index in [-0.39, 0.29) is 0 Å². The van der Waals surface area contributed by atoms with Gasteiger partial charge in [0.2, 0.25) is 0 Å². The summed E-state index contributed by atoms with van der Waals surface area (Å²) in [6.07, 6.45) is -0.152. The Bertz CT molecular complexity index is 492. The monoisotopic (exact) mass is 304 g/mol. The van der Waals surface area contributed by atoms with Crippen LogP contribution in [0.1, 0.15) is 35.3 Å². The van der Waals surface area contributed by atoms with E-state index in [4.69, 9.17) is 0 Å². The van der Waals surface area contributed by atoms with Crippen molar-refractivity contribution in [1.29, 1.82) is 0 Å². The number of hydrogen-bond acceptors (Lipinski definition) is 3. The lowest BCUT2D eigenvalue weighted by atomic mass is 10.1. The summed E-state index contributed by atoms with van der Waals surface area (Å²) in [6, 6.07) is 0. The normalized spacial score (nSPS) is 17.0. The van der Waals surface area contributed by atoms with E-state index >= 15 is 0 Å². The molecular weight excluding hydrogens is 285 g/mol. The molecule has 1 amide bonds. The van der Waals surface area contributed by atoms with Gasteiger partial charge in [-0.2, -0.15) is 18.3 Å². The minimum Gasteiger partial charge on any atom is -0.351 e. The maximum absolute atomic E-state index is 12.9. The molecule has 0 aliphatic carbocycles. The molecule has 21 heavy (non-hydrogen) atoms. The molecule has 8 heteroatoms. The largest absolute Gasteiger partial charge is 0.433 e. The Morgan fingerprint density at radius 1 is 1.33 bits per heavy atom. The van der Waals surface area contributed by atoms with E-state index in [0.29, 0.717) is 17.8 Å². The van der Waals surface area contributed by atoms with Crippen molar-refractivity contribution in [2.45, 2.75) is 25.4 Å². The zero-order chi connectivity index (χ0) is 15.5. The minimum atomic E-state index is -4.59. The number of hydrogen-bond donors (Lipinski definition) is 1. The van der Waals surface area contributed by atoms with E-state index in [1.807, 2.05) is 0 Å². The molecule has 1 saturated heterocycles. The van der Waals surface area contributed by atoms with Crippen LogP contribution in [0.25, 0.3) is 0 Å². The summed E-state index contributed by atoms with van der Waals surface area (Å²) >= 11 is 0.